The van der Waals surface area contributed by atoms with Crippen LogP contribution in [0.2, 0.25) is 0 Å². The highest BCUT2D eigenvalue weighted by Crippen LogP contribution is 2.43. The van der Waals surface area contributed by atoms with E-state index < -0.39 is 6.17 Å². The molecule has 0 saturated carbocycles. The van der Waals surface area contributed by atoms with Crippen molar-refractivity contribution in [3.05, 3.63) is 205 Å². The Balaban J connectivity index is 1.18. The lowest BCUT2D eigenvalue weighted by molar-refractivity contribution is 0.667. The maximum absolute atomic E-state index is 6.47. The highest BCUT2D eigenvalue weighted by atomic mass is 16.3. The number of hydrogen-bond acceptors (Lipinski definition) is 4. The molecule has 0 spiro atoms. The first kappa shape index (κ1) is 30.8. The lowest BCUT2D eigenvalue weighted by Gasteiger charge is -2.25. The zero-order valence-electron chi connectivity index (χ0n) is 28.8. The van der Waals surface area contributed by atoms with Gasteiger partial charge in [-0.05, 0) is 62.4 Å². The van der Waals surface area contributed by atoms with Gasteiger partial charge in [0.1, 0.15) is 22.8 Å². The highest BCUT2D eigenvalue weighted by Gasteiger charge is 2.27. The van der Waals surface area contributed by atoms with Crippen molar-refractivity contribution in [1.82, 2.24) is 5.32 Å². The number of furan rings is 1. The lowest BCUT2D eigenvalue weighted by Crippen LogP contribution is -2.36. The van der Waals surface area contributed by atoms with Gasteiger partial charge in [0, 0.05) is 27.5 Å². The monoisotopic (exact) mass is 679 g/mol. The van der Waals surface area contributed by atoms with Gasteiger partial charge in [0.25, 0.3) is 0 Å². The van der Waals surface area contributed by atoms with Crippen molar-refractivity contribution in [2.24, 2.45) is 9.98 Å². The van der Waals surface area contributed by atoms with E-state index in [1.165, 1.54) is 22.1 Å². The summed E-state index contributed by atoms with van der Waals surface area (Å²) in [5, 5.41) is 8.07. The summed E-state index contributed by atoms with van der Waals surface area (Å²) in [6.45, 7) is 0. The molecule has 4 nitrogen and oxygen atoms in total. The molecule has 4 heteroatoms. The summed E-state index contributed by atoms with van der Waals surface area (Å²) in [6, 6.07) is 65.8. The Labute approximate surface area is 307 Å². The van der Waals surface area contributed by atoms with Crippen LogP contribution < -0.4 is 5.32 Å². The van der Waals surface area contributed by atoms with E-state index in [9.17, 15) is 0 Å². The molecular weight excluding hydrogens is 647 g/mol. The summed E-state index contributed by atoms with van der Waals surface area (Å²) >= 11 is 0. The second-order valence-corrected chi connectivity index (χ2v) is 13.4. The summed E-state index contributed by atoms with van der Waals surface area (Å²) in [5.41, 5.74) is 11.5. The smallest absolute Gasteiger partial charge is 0.171 e. The van der Waals surface area contributed by atoms with E-state index >= 15 is 0 Å². The Morgan fingerprint density at radius 1 is 0.396 bits per heavy atom. The van der Waals surface area contributed by atoms with Crippen LogP contribution in [-0.4, -0.2) is 11.7 Å². The standard InChI is InChI=1S/C49H33N3O/c1-3-11-32(12-4-1)35-19-24-37(25-20-35)41-29-30-44-45(42-17-9-10-18-43(42)53-44)46(41)49-51-47(38-26-21-36(22-27-38)33-13-5-2-6-14-33)50-48(52-49)40-28-23-34-15-7-8-16-39(34)31-40/h1-31,49H,(H,50,51,52). The Kier molecular flexibility index (Phi) is 7.51. The fourth-order valence-electron chi connectivity index (χ4n) is 7.50. The second kappa shape index (κ2) is 12.9. The molecule has 8 aromatic carbocycles. The first-order valence-corrected chi connectivity index (χ1v) is 17.9. The van der Waals surface area contributed by atoms with E-state index in [0.717, 1.165) is 72.4 Å². The third kappa shape index (κ3) is 5.67. The largest absolute Gasteiger partial charge is 0.456 e. The number of benzene rings is 8. The first-order valence-electron chi connectivity index (χ1n) is 17.9. The molecule has 1 aliphatic rings. The molecule has 1 N–H and O–H groups in total. The Morgan fingerprint density at radius 3 is 1.62 bits per heavy atom. The van der Waals surface area contributed by atoms with Crippen molar-refractivity contribution >= 4 is 44.4 Å². The second-order valence-electron chi connectivity index (χ2n) is 13.4. The van der Waals surface area contributed by atoms with E-state index in [1.807, 2.05) is 24.3 Å². The quantitative estimate of drug-likeness (QED) is 0.190. The molecule has 0 radical (unpaired) electrons. The van der Waals surface area contributed by atoms with Crippen molar-refractivity contribution < 1.29 is 4.42 Å². The highest BCUT2D eigenvalue weighted by molar-refractivity contribution is 6.17. The van der Waals surface area contributed by atoms with Crippen LogP contribution in [-0.2, 0) is 0 Å². The van der Waals surface area contributed by atoms with Gasteiger partial charge in [0.2, 0.25) is 0 Å². The minimum Gasteiger partial charge on any atom is -0.456 e. The minimum atomic E-state index is -0.560. The van der Waals surface area contributed by atoms with E-state index in [2.05, 4.69) is 169 Å². The van der Waals surface area contributed by atoms with Gasteiger partial charge in [-0.3, -0.25) is 0 Å². The number of nitrogens with one attached hydrogen (secondary N) is 1. The molecule has 9 aromatic rings. The SMILES string of the molecule is c1ccc(-c2ccc(C3=NC(c4c(-c5ccc(-c6ccccc6)cc5)ccc5oc6ccccc6c45)N=C(c4ccc5ccccc5c4)N3)cc2)cc1. The van der Waals surface area contributed by atoms with E-state index in [1.54, 1.807) is 0 Å². The molecule has 2 heterocycles. The number of hydrogen-bond donors (Lipinski definition) is 1. The first-order chi connectivity index (χ1) is 26.2. The lowest BCUT2D eigenvalue weighted by atomic mass is 9.92. The van der Waals surface area contributed by atoms with Crippen molar-refractivity contribution in [3.8, 4) is 33.4 Å². The van der Waals surface area contributed by atoms with Crippen LogP contribution in [0.1, 0.15) is 22.9 Å². The number of amidine groups is 2. The molecular formula is C49H33N3O. The van der Waals surface area contributed by atoms with Gasteiger partial charge < -0.3 is 9.73 Å². The van der Waals surface area contributed by atoms with Crippen LogP contribution in [0, 0.1) is 0 Å². The zero-order valence-corrected chi connectivity index (χ0v) is 28.8. The molecule has 1 aromatic heterocycles. The molecule has 1 atom stereocenters. The molecule has 0 bridgehead atoms. The molecule has 1 aliphatic heterocycles. The van der Waals surface area contributed by atoms with Crippen LogP contribution in [0.25, 0.3) is 66.1 Å². The van der Waals surface area contributed by atoms with Gasteiger partial charge in [-0.2, -0.15) is 0 Å². The summed E-state index contributed by atoms with van der Waals surface area (Å²) in [6.07, 6.45) is -0.560. The van der Waals surface area contributed by atoms with Crippen molar-refractivity contribution in [1.29, 1.82) is 0 Å². The van der Waals surface area contributed by atoms with E-state index in [-0.39, 0.29) is 0 Å². The van der Waals surface area contributed by atoms with Crippen molar-refractivity contribution in [2.45, 2.75) is 6.17 Å². The fourth-order valence-corrected chi connectivity index (χ4v) is 7.50. The number of aliphatic imine (C=N–C) groups is 2. The maximum Gasteiger partial charge on any atom is 0.171 e. The van der Waals surface area contributed by atoms with Gasteiger partial charge in [-0.25, -0.2) is 9.98 Å². The van der Waals surface area contributed by atoms with Gasteiger partial charge in [-0.15, -0.1) is 0 Å². The fraction of sp³-hybridized carbons (Fsp3) is 0.0204. The maximum atomic E-state index is 6.47. The summed E-state index contributed by atoms with van der Waals surface area (Å²) in [4.78, 5) is 10.9. The van der Waals surface area contributed by atoms with Crippen LogP contribution >= 0.6 is 0 Å². The van der Waals surface area contributed by atoms with Crippen molar-refractivity contribution in [3.63, 3.8) is 0 Å². The molecule has 10 rings (SSSR count). The average molecular weight is 680 g/mol. The Bertz CT molecular complexity index is 2830. The molecule has 0 fully saturated rings. The molecule has 53 heavy (non-hydrogen) atoms. The van der Waals surface area contributed by atoms with Gasteiger partial charge in [0.05, 0.1) is 0 Å². The zero-order chi connectivity index (χ0) is 35.1. The van der Waals surface area contributed by atoms with Crippen LogP contribution in [0.4, 0.5) is 0 Å². The average Bonchev–Trinajstić information content (AvgIpc) is 3.63. The third-order valence-corrected chi connectivity index (χ3v) is 10.2. The number of para-hydroxylation sites is 1. The number of nitrogens with zero attached hydrogens (tertiary/aromatic N) is 2. The van der Waals surface area contributed by atoms with Crippen LogP contribution in [0.15, 0.2) is 202 Å². The molecule has 0 amide bonds. The minimum absolute atomic E-state index is 0.560. The van der Waals surface area contributed by atoms with Gasteiger partial charge in [0.15, 0.2) is 6.17 Å². The summed E-state index contributed by atoms with van der Waals surface area (Å²) in [7, 11) is 0. The third-order valence-electron chi connectivity index (χ3n) is 10.2. The number of rotatable bonds is 6. The van der Waals surface area contributed by atoms with Crippen molar-refractivity contribution in [2.75, 3.05) is 0 Å². The predicted octanol–water partition coefficient (Wildman–Crippen LogP) is 12.2. The topological polar surface area (TPSA) is 49.9 Å². The molecule has 0 saturated heterocycles. The Hall–Kier alpha value is -7.04. The normalized spacial score (nSPS) is 14.2. The van der Waals surface area contributed by atoms with Crippen LogP contribution in [0.3, 0.4) is 0 Å². The van der Waals surface area contributed by atoms with Gasteiger partial charge >= 0.3 is 0 Å². The number of fused-ring (bicyclic) bond motifs is 4. The van der Waals surface area contributed by atoms with E-state index in [0.29, 0.717) is 0 Å². The Morgan fingerprint density at radius 2 is 0.925 bits per heavy atom. The van der Waals surface area contributed by atoms with E-state index in [4.69, 9.17) is 14.4 Å². The molecule has 0 aliphatic carbocycles. The molecule has 1 unspecified atom stereocenters. The van der Waals surface area contributed by atoms with Gasteiger partial charge in [-0.1, -0.05) is 170 Å². The predicted molar refractivity (Wildman–Crippen MR) is 219 cm³/mol. The summed E-state index contributed by atoms with van der Waals surface area (Å²) < 4.78 is 6.47. The molecule has 250 valence electrons. The van der Waals surface area contributed by atoms with Crippen LogP contribution in [0.5, 0.6) is 0 Å². The summed E-state index contributed by atoms with van der Waals surface area (Å²) in [5.74, 6) is 1.54.